The molecule has 5 unspecified atom stereocenters. The molecule has 0 aliphatic carbocycles. The molecule has 17 nitrogen and oxygen atoms in total. The summed E-state index contributed by atoms with van der Waals surface area (Å²) in [5.41, 5.74) is 0. The summed E-state index contributed by atoms with van der Waals surface area (Å²) >= 11 is 0. The number of ether oxygens (including phenoxy) is 4. The number of aliphatic hydroxyl groups excluding tert-OH is 1. The van der Waals surface area contributed by atoms with Gasteiger partial charge in [0.15, 0.2) is 12.2 Å². The normalized spacial score (nSPS) is 14.9. The molecule has 0 saturated heterocycles. The number of carbonyl (C=O) groups excluding carboxylic acids is 4. The van der Waals surface area contributed by atoms with Crippen LogP contribution in [0.25, 0.3) is 0 Å². The number of phosphoric ester groups is 2. The maximum Gasteiger partial charge on any atom is 0.472 e. The summed E-state index contributed by atoms with van der Waals surface area (Å²) in [7, 11) is -10.0. The Bertz CT molecular complexity index is 2600. The van der Waals surface area contributed by atoms with Crippen LogP contribution in [0.15, 0.2) is 170 Å². The third kappa shape index (κ3) is 72.8. The minimum atomic E-state index is -5.01. The van der Waals surface area contributed by atoms with Gasteiger partial charge in [-0.3, -0.25) is 37.3 Å². The average Bonchev–Trinajstić information content (AvgIpc) is 0.924. The molecule has 0 radical (unpaired) electrons. The van der Waals surface area contributed by atoms with Crippen molar-refractivity contribution in [3.8, 4) is 0 Å². The molecule has 19 heteroatoms. The molecule has 0 bridgehead atoms. The minimum absolute atomic E-state index is 0.0198. The molecule has 0 fully saturated rings. The maximum atomic E-state index is 13.1. The van der Waals surface area contributed by atoms with Crippen LogP contribution in [0.5, 0.6) is 0 Å². The molecular weight excluding hydrogens is 1330 g/mol. The van der Waals surface area contributed by atoms with Crippen molar-refractivity contribution in [3.63, 3.8) is 0 Å². The molecule has 0 heterocycles. The van der Waals surface area contributed by atoms with E-state index >= 15 is 0 Å². The topological polar surface area (TPSA) is 237 Å². The Morgan fingerprint density at radius 1 is 0.284 bits per heavy atom. The first kappa shape index (κ1) is 96.4. The zero-order valence-electron chi connectivity index (χ0n) is 63.0. The Kier molecular flexibility index (Phi) is 69.7. The Morgan fingerprint density at radius 3 is 0.843 bits per heavy atom. The second-order valence-electron chi connectivity index (χ2n) is 24.8. The lowest BCUT2D eigenvalue weighted by atomic mass is 10.0. The highest BCUT2D eigenvalue weighted by Crippen LogP contribution is 2.45. The van der Waals surface area contributed by atoms with Crippen molar-refractivity contribution >= 4 is 39.5 Å². The highest BCUT2D eigenvalue weighted by atomic mass is 31.2. The molecule has 0 amide bonds. The quantitative estimate of drug-likeness (QED) is 0.0169. The van der Waals surface area contributed by atoms with E-state index in [1.165, 1.54) is 51.4 Å². The summed E-state index contributed by atoms with van der Waals surface area (Å²) in [6, 6.07) is 0. The zero-order chi connectivity index (χ0) is 74.6. The maximum absolute atomic E-state index is 13.1. The second kappa shape index (κ2) is 73.7. The van der Waals surface area contributed by atoms with Gasteiger partial charge in [0, 0.05) is 25.7 Å². The summed E-state index contributed by atoms with van der Waals surface area (Å²) in [5.74, 6) is -2.38. The van der Waals surface area contributed by atoms with Crippen LogP contribution < -0.4 is 0 Å². The summed E-state index contributed by atoms with van der Waals surface area (Å²) in [5, 5.41) is 10.6. The lowest BCUT2D eigenvalue weighted by molar-refractivity contribution is -0.161. The number of carbonyl (C=O) groups is 4. The molecule has 0 rings (SSSR count). The molecule has 0 aromatic carbocycles. The van der Waals surface area contributed by atoms with E-state index in [9.17, 15) is 43.2 Å². The highest BCUT2D eigenvalue weighted by molar-refractivity contribution is 7.47. The van der Waals surface area contributed by atoms with Crippen molar-refractivity contribution in [3.05, 3.63) is 170 Å². The molecule has 5 atom stereocenters. The van der Waals surface area contributed by atoms with Gasteiger partial charge < -0.3 is 33.8 Å². The van der Waals surface area contributed by atoms with Crippen molar-refractivity contribution in [1.29, 1.82) is 0 Å². The lowest BCUT2D eigenvalue weighted by Crippen LogP contribution is -2.30. The largest absolute Gasteiger partial charge is 0.472 e. The van der Waals surface area contributed by atoms with Gasteiger partial charge in [0.25, 0.3) is 0 Å². The third-order valence-electron chi connectivity index (χ3n) is 15.2. The molecule has 0 spiro atoms. The fourth-order valence-corrected chi connectivity index (χ4v) is 11.0. The van der Waals surface area contributed by atoms with Crippen LogP contribution in [-0.2, 0) is 65.4 Å². The predicted octanol–water partition coefficient (Wildman–Crippen LogP) is 22.2. The SMILES string of the molecule is CC/C=C\C/C=C\C/C=C\C/C=C\C/C=C\C/C=C\CCC(=O)OCC(COP(=O)(O)OCC(O)COP(=O)(O)OCC(COC(=O)CCCC/C=C\C/C=C\C/C=C\C/C=C\CC)OC(=O)CCCCCCCCCCCCCCC)OC(=O)CCCC/C=C\C/C=C\C/C=C\C/C=C\CC. The van der Waals surface area contributed by atoms with Crippen LogP contribution in [0.1, 0.15) is 272 Å². The van der Waals surface area contributed by atoms with Crippen LogP contribution in [-0.4, -0.2) is 96.7 Å². The van der Waals surface area contributed by atoms with Crippen molar-refractivity contribution in [2.75, 3.05) is 39.6 Å². The van der Waals surface area contributed by atoms with Gasteiger partial charge in [0.05, 0.1) is 26.4 Å². The first-order valence-electron chi connectivity index (χ1n) is 38.4. The Hall–Kier alpha value is -5.58. The molecular formula is C83H134O17P2. The summed E-state index contributed by atoms with van der Waals surface area (Å²) in [6.45, 7) is 4.32. The van der Waals surface area contributed by atoms with Crippen molar-refractivity contribution in [1.82, 2.24) is 0 Å². The van der Waals surface area contributed by atoms with Gasteiger partial charge in [0.1, 0.15) is 19.3 Å². The Labute approximate surface area is 616 Å². The van der Waals surface area contributed by atoms with Crippen molar-refractivity contribution in [2.45, 2.75) is 290 Å². The molecule has 0 aromatic heterocycles. The fourth-order valence-electron chi connectivity index (χ4n) is 9.46. The molecule has 0 saturated carbocycles. The molecule has 578 valence electrons. The number of unbranched alkanes of at least 4 members (excludes halogenated alkanes) is 16. The zero-order valence-corrected chi connectivity index (χ0v) is 64.8. The van der Waals surface area contributed by atoms with Crippen LogP contribution in [0.2, 0.25) is 0 Å². The second-order valence-corrected chi connectivity index (χ2v) is 27.7. The van der Waals surface area contributed by atoms with Crippen molar-refractivity contribution < 1.29 is 80.2 Å². The number of aliphatic hydroxyl groups is 1. The van der Waals surface area contributed by atoms with Gasteiger partial charge in [-0.15, -0.1) is 0 Å². The summed E-state index contributed by atoms with van der Waals surface area (Å²) in [6.07, 6.45) is 86.6. The Morgan fingerprint density at radius 2 is 0.529 bits per heavy atom. The van der Waals surface area contributed by atoms with Crippen LogP contribution in [0.4, 0.5) is 0 Å². The number of allylic oxidation sites excluding steroid dienone is 28. The molecule has 102 heavy (non-hydrogen) atoms. The molecule has 0 aliphatic rings. The monoisotopic (exact) mass is 1460 g/mol. The van der Waals surface area contributed by atoms with E-state index in [4.69, 9.17) is 37.0 Å². The van der Waals surface area contributed by atoms with Crippen molar-refractivity contribution in [2.24, 2.45) is 0 Å². The highest BCUT2D eigenvalue weighted by Gasteiger charge is 2.30. The van der Waals surface area contributed by atoms with Gasteiger partial charge in [-0.2, -0.15) is 0 Å². The standard InChI is InChI=1S/C83H134O17P2/c1-5-9-13-17-21-25-29-33-36-37-38-39-42-45-48-52-56-60-64-68-81(86)94-74-79(100-83(88)70-66-62-58-54-50-46-41-35-31-27-23-19-15-11-7-3)76-98-102(91,92)96-72-77(84)71-95-101(89,90)97-75-78(99-82(87)69-65-61-57-53-49-43-32-28-24-20-16-12-8-4)73-93-80(85)67-63-59-55-51-47-44-40-34-30-26-22-18-14-10-6-2/h9-11,13-15,21-23,25-27,33-36,38-41,45,47-48,50-51,54,56,60,77-79,84H,5-8,12,16-20,24,28-32,37,42-44,46,49,52-53,55,57-59,61-76H2,1-4H3,(H,89,90)(H,91,92)/b13-9-,14-10-,15-11-,25-21-,26-22-,27-23-,36-33-,39-38-,40-34-,41-35-,48-45-,51-47-,54-50-,60-56-. The van der Waals surface area contributed by atoms with Gasteiger partial charge in [0.2, 0.25) is 0 Å². The smallest absolute Gasteiger partial charge is 0.462 e. The van der Waals surface area contributed by atoms with Gasteiger partial charge in [-0.1, -0.05) is 275 Å². The lowest BCUT2D eigenvalue weighted by Gasteiger charge is -2.21. The van der Waals surface area contributed by atoms with Gasteiger partial charge in [-0.25, -0.2) is 9.13 Å². The van der Waals surface area contributed by atoms with E-state index in [0.717, 1.165) is 128 Å². The Balaban J connectivity index is 5.49. The van der Waals surface area contributed by atoms with Gasteiger partial charge >= 0.3 is 39.5 Å². The molecule has 0 aromatic rings. The van der Waals surface area contributed by atoms with E-state index in [0.29, 0.717) is 38.5 Å². The number of hydrogen-bond acceptors (Lipinski definition) is 15. The minimum Gasteiger partial charge on any atom is -0.462 e. The van der Waals surface area contributed by atoms with Gasteiger partial charge in [-0.05, 0) is 141 Å². The fraction of sp³-hybridized carbons (Fsp3) is 0.614. The number of phosphoric acid groups is 2. The molecule has 3 N–H and O–H groups in total. The number of hydrogen-bond donors (Lipinski definition) is 3. The molecule has 0 aliphatic heterocycles. The number of rotatable bonds is 70. The van der Waals surface area contributed by atoms with E-state index < -0.39 is 97.5 Å². The van der Waals surface area contributed by atoms with Crippen LogP contribution in [0, 0.1) is 0 Å². The van der Waals surface area contributed by atoms with Crippen LogP contribution >= 0.6 is 15.6 Å². The third-order valence-corrected chi connectivity index (χ3v) is 17.1. The van der Waals surface area contributed by atoms with E-state index in [-0.39, 0.29) is 25.7 Å². The number of esters is 4. The van der Waals surface area contributed by atoms with E-state index in [1.807, 2.05) is 24.3 Å². The predicted molar refractivity (Wildman–Crippen MR) is 417 cm³/mol. The summed E-state index contributed by atoms with van der Waals surface area (Å²) < 4.78 is 68.3. The summed E-state index contributed by atoms with van der Waals surface area (Å²) in [4.78, 5) is 72.8. The first-order chi connectivity index (χ1) is 49.7. The average molecular weight is 1470 g/mol. The van der Waals surface area contributed by atoms with E-state index in [2.05, 4.69) is 174 Å². The van der Waals surface area contributed by atoms with Crippen LogP contribution in [0.3, 0.4) is 0 Å². The first-order valence-corrected chi connectivity index (χ1v) is 41.4. The van der Waals surface area contributed by atoms with E-state index in [1.54, 1.807) is 0 Å².